The summed E-state index contributed by atoms with van der Waals surface area (Å²) in [5.74, 6) is 0.582. The molecule has 0 radical (unpaired) electrons. The smallest absolute Gasteiger partial charge is 0.120 e. The molecule has 19 heavy (non-hydrogen) atoms. The van der Waals surface area contributed by atoms with Crippen LogP contribution in [0, 0.1) is 11.3 Å². The van der Waals surface area contributed by atoms with Gasteiger partial charge in [-0.2, -0.15) is 5.26 Å². The van der Waals surface area contributed by atoms with E-state index in [9.17, 15) is 5.11 Å². The number of aliphatic hydroxyl groups is 1. The fourth-order valence-corrected chi connectivity index (χ4v) is 1.56. The third-order valence-electron chi connectivity index (χ3n) is 2.52. The largest absolute Gasteiger partial charge is 0.491 e. The number of benzene rings is 1. The molecule has 1 aromatic heterocycles. The third kappa shape index (κ3) is 4.05. The minimum atomic E-state index is -0.631. The van der Waals surface area contributed by atoms with Gasteiger partial charge >= 0.3 is 0 Å². The Balaban J connectivity index is 1.76. The first-order valence-electron chi connectivity index (χ1n) is 5.96. The Labute approximate surface area is 111 Å². The van der Waals surface area contributed by atoms with Gasteiger partial charge in [-0.25, -0.2) is 0 Å². The lowest BCUT2D eigenvalue weighted by molar-refractivity contribution is 0.115. The van der Waals surface area contributed by atoms with Gasteiger partial charge in [-0.05, 0) is 30.3 Å². The zero-order chi connectivity index (χ0) is 13.5. The highest BCUT2D eigenvalue weighted by atomic mass is 16.5. The van der Waals surface area contributed by atoms with Crippen molar-refractivity contribution in [1.82, 2.24) is 4.68 Å². The van der Waals surface area contributed by atoms with Crippen LogP contribution < -0.4 is 10.2 Å². The van der Waals surface area contributed by atoms with Crippen LogP contribution in [-0.2, 0) is 0 Å². The second kappa shape index (κ2) is 6.47. The fraction of sp³-hybridized carbons (Fsp3) is 0.214. The van der Waals surface area contributed by atoms with Gasteiger partial charge in [0.2, 0.25) is 0 Å². The summed E-state index contributed by atoms with van der Waals surface area (Å²) in [4.78, 5) is 0. The first kappa shape index (κ1) is 13.0. The Morgan fingerprint density at radius 2 is 2.11 bits per heavy atom. The van der Waals surface area contributed by atoms with Crippen molar-refractivity contribution in [3.63, 3.8) is 0 Å². The van der Waals surface area contributed by atoms with Crippen LogP contribution in [0.3, 0.4) is 0 Å². The molecule has 5 heteroatoms. The zero-order valence-electron chi connectivity index (χ0n) is 10.4. The van der Waals surface area contributed by atoms with Crippen LogP contribution >= 0.6 is 0 Å². The topological polar surface area (TPSA) is 70.2 Å². The molecular weight excluding hydrogens is 242 g/mol. The van der Waals surface area contributed by atoms with Crippen molar-refractivity contribution >= 4 is 0 Å². The van der Waals surface area contributed by atoms with Gasteiger partial charge in [0.15, 0.2) is 0 Å². The normalized spacial score (nSPS) is 11.6. The summed E-state index contributed by atoms with van der Waals surface area (Å²) in [5, 5.41) is 18.5. The van der Waals surface area contributed by atoms with E-state index >= 15 is 0 Å². The average molecular weight is 257 g/mol. The van der Waals surface area contributed by atoms with Gasteiger partial charge < -0.3 is 15.3 Å². The third-order valence-corrected chi connectivity index (χ3v) is 2.52. The fourth-order valence-electron chi connectivity index (χ4n) is 1.56. The van der Waals surface area contributed by atoms with Gasteiger partial charge in [-0.3, -0.25) is 4.68 Å². The Morgan fingerprint density at radius 3 is 2.84 bits per heavy atom. The van der Waals surface area contributed by atoms with Crippen LogP contribution in [-0.4, -0.2) is 29.0 Å². The van der Waals surface area contributed by atoms with Crippen molar-refractivity contribution < 1.29 is 9.84 Å². The van der Waals surface area contributed by atoms with E-state index in [1.807, 2.05) is 30.6 Å². The molecule has 0 aliphatic heterocycles. The highest BCUT2D eigenvalue weighted by Gasteiger charge is 2.05. The molecule has 1 aromatic carbocycles. The van der Waals surface area contributed by atoms with Crippen LogP contribution in [0.1, 0.15) is 5.56 Å². The summed E-state index contributed by atoms with van der Waals surface area (Å²) >= 11 is 0. The molecule has 98 valence electrons. The molecule has 1 heterocycles. The highest BCUT2D eigenvalue weighted by Crippen LogP contribution is 2.12. The molecule has 0 aliphatic carbocycles. The second-order valence-corrected chi connectivity index (χ2v) is 4.06. The van der Waals surface area contributed by atoms with Gasteiger partial charge in [0.1, 0.15) is 18.5 Å². The number of rotatable bonds is 6. The Hall–Kier alpha value is -2.45. The standard InChI is InChI=1S/C14H15N3O2/c15-9-12-4-3-5-14(8-12)19-11-13(18)10-16-17-6-1-2-7-17/h1-8,13,16,18H,10-11H2. The van der Waals surface area contributed by atoms with Crippen molar-refractivity contribution in [2.75, 3.05) is 18.6 Å². The van der Waals surface area contributed by atoms with Crippen LogP contribution in [0.4, 0.5) is 0 Å². The van der Waals surface area contributed by atoms with E-state index < -0.39 is 6.10 Å². The predicted octanol–water partition coefficient (Wildman–Crippen LogP) is 1.34. The minimum absolute atomic E-state index is 0.170. The Morgan fingerprint density at radius 1 is 1.32 bits per heavy atom. The summed E-state index contributed by atoms with van der Waals surface area (Å²) in [6, 6.07) is 12.7. The lowest BCUT2D eigenvalue weighted by Gasteiger charge is -2.14. The first-order chi connectivity index (χ1) is 9.28. The Kier molecular flexibility index (Phi) is 4.43. The van der Waals surface area contributed by atoms with E-state index in [0.717, 1.165) is 0 Å². The van der Waals surface area contributed by atoms with Crippen LogP contribution in [0.2, 0.25) is 0 Å². The maximum atomic E-state index is 9.77. The molecule has 0 aliphatic rings. The number of aromatic nitrogens is 1. The zero-order valence-corrected chi connectivity index (χ0v) is 10.4. The van der Waals surface area contributed by atoms with E-state index in [1.54, 1.807) is 28.9 Å². The molecule has 5 nitrogen and oxygen atoms in total. The summed E-state index contributed by atoms with van der Waals surface area (Å²) in [7, 11) is 0. The van der Waals surface area contributed by atoms with Crippen molar-refractivity contribution in [2.45, 2.75) is 6.10 Å². The molecule has 0 amide bonds. The SMILES string of the molecule is N#Cc1cccc(OCC(O)CNn2cccc2)c1. The molecule has 1 atom stereocenters. The minimum Gasteiger partial charge on any atom is -0.491 e. The van der Waals surface area contributed by atoms with Gasteiger partial charge in [0.25, 0.3) is 0 Å². The quantitative estimate of drug-likeness (QED) is 0.819. The molecule has 0 saturated carbocycles. The number of hydrogen-bond acceptors (Lipinski definition) is 4. The van der Waals surface area contributed by atoms with Crippen LogP contribution in [0.15, 0.2) is 48.8 Å². The number of ether oxygens (including phenoxy) is 1. The number of nitrogens with one attached hydrogen (secondary N) is 1. The first-order valence-corrected chi connectivity index (χ1v) is 5.96. The molecule has 2 rings (SSSR count). The number of nitrogens with zero attached hydrogens (tertiary/aromatic N) is 2. The van der Waals surface area contributed by atoms with Crippen LogP contribution in [0.5, 0.6) is 5.75 Å². The van der Waals surface area contributed by atoms with Crippen molar-refractivity contribution in [2.24, 2.45) is 0 Å². The van der Waals surface area contributed by atoms with Gasteiger partial charge in [0, 0.05) is 12.4 Å². The molecule has 0 saturated heterocycles. The molecule has 0 bridgehead atoms. The average Bonchev–Trinajstić information content (AvgIpc) is 2.96. The van der Waals surface area contributed by atoms with E-state index in [1.165, 1.54) is 0 Å². The lowest BCUT2D eigenvalue weighted by atomic mass is 10.2. The van der Waals surface area contributed by atoms with Crippen molar-refractivity contribution in [3.05, 3.63) is 54.4 Å². The highest BCUT2D eigenvalue weighted by molar-refractivity contribution is 5.36. The maximum Gasteiger partial charge on any atom is 0.120 e. The van der Waals surface area contributed by atoms with Crippen molar-refractivity contribution in [1.29, 1.82) is 5.26 Å². The van der Waals surface area contributed by atoms with Gasteiger partial charge in [-0.15, -0.1) is 0 Å². The Bertz CT molecular complexity index is 546. The summed E-state index contributed by atoms with van der Waals surface area (Å²) in [5.41, 5.74) is 3.56. The summed E-state index contributed by atoms with van der Waals surface area (Å²) in [6.45, 7) is 0.551. The van der Waals surface area contributed by atoms with E-state index in [-0.39, 0.29) is 6.61 Å². The van der Waals surface area contributed by atoms with E-state index in [0.29, 0.717) is 17.9 Å². The molecule has 2 aromatic rings. The van der Waals surface area contributed by atoms with Gasteiger partial charge in [0.05, 0.1) is 18.2 Å². The van der Waals surface area contributed by atoms with Crippen molar-refractivity contribution in [3.8, 4) is 11.8 Å². The molecular formula is C14H15N3O2. The molecule has 1 unspecified atom stereocenters. The number of hydrogen-bond donors (Lipinski definition) is 2. The summed E-state index contributed by atoms with van der Waals surface area (Å²) < 4.78 is 7.19. The number of nitriles is 1. The molecule has 0 spiro atoms. The monoisotopic (exact) mass is 257 g/mol. The van der Waals surface area contributed by atoms with E-state index in [4.69, 9.17) is 10.00 Å². The molecule has 0 fully saturated rings. The predicted molar refractivity (Wildman–Crippen MR) is 71.3 cm³/mol. The molecule has 2 N–H and O–H groups in total. The van der Waals surface area contributed by atoms with Crippen LogP contribution in [0.25, 0.3) is 0 Å². The van der Waals surface area contributed by atoms with Gasteiger partial charge in [-0.1, -0.05) is 6.07 Å². The van der Waals surface area contributed by atoms with E-state index in [2.05, 4.69) is 5.43 Å². The maximum absolute atomic E-state index is 9.77. The lowest BCUT2D eigenvalue weighted by Crippen LogP contribution is -2.30. The second-order valence-electron chi connectivity index (χ2n) is 4.06. The summed E-state index contributed by atoms with van der Waals surface area (Å²) in [6.07, 6.45) is 3.07. The number of aliphatic hydroxyl groups excluding tert-OH is 1.